The molecule has 1 aliphatic heterocycles. The number of nitrogens with zero attached hydrogens (tertiary/aromatic N) is 2. The number of rotatable bonds is 1. The lowest BCUT2D eigenvalue weighted by atomic mass is 10.00. The Hall–Kier alpha value is -1.84. The molecular weight excluding hydrogens is 226 g/mol. The number of carbonyl (C=O) groups excluding carboxylic acids is 1. The van der Waals surface area contributed by atoms with Crippen molar-refractivity contribution in [3.8, 4) is 0 Å². The fourth-order valence-corrected chi connectivity index (χ4v) is 2.61. The van der Waals surface area contributed by atoms with Gasteiger partial charge >= 0.3 is 0 Å². The van der Waals surface area contributed by atoms with Crippen molar-refractivity contribution in [1.82, 2.24) is 14.9 Å². The van der Waals surface area contributed by atoms with Crippen molar-refractivity contribution in [1.29, 1.82) is 0 Å². The summed E-state index contributed by atoms with van der Waals surface area (Å²) in [5, 5.41) is 0.992. The lowest BCUT2D eigenvalue weighted by molar-refractivity contribution is 0.0683. The first kappa shape index (κ1) is 11.3. The Morgan fingerprint density at radius 2 is 2.44 bits per heavy atom. The highest BCUT2D eigenvalue weighted by Gasteiger charge is 2.22. The lowest BCUT2D eigenvalue weighted by Crippen LogP contribution is -2.39. The van der Waals surface area contributed by atoms with Gasteiger partial charge in [-0.3, -0.25) is 4.79 Å². The normalized spacial score (nSPS) is 20.3. The Balaban J connectivity index is 1.86. The van der Waals surface area contributed by atoms with Crippen LogP contribution < -0.4 is 0 Å². The van der Waals surface area contributed by atoms with Crippen LogP contribution in [-0.4, -0.2) is 33.9 Å². The molecule has 4 heteroatoms. The molecule has 0 unspecified atom stereocenters. The molecule has 1 fully saturated rings. The number of fused-ring (bicyclic) bond motifs is 1. The average Bonchev–Trinajstić information content (AvgIpc) is 2.85. The lowest BCUT2D eigenvalue weighted by Gasteiger charge is -2.30. The summed E-state index contributed by atoms with van der Waals surface area (Å²) in [6, 6.07) is 3.86. The van der Waals surface area contributed by atoms with Crippen molar-refractivity contribution in [2.45, 2.75) is 19.8 Å². The van der Waals surface area contributed by atoms with Gasteiger partial charge in [0.25, 0.3) is 5.91 Å². The number of amides is 1. The molecule has 0 aliphatic carbocycles. The van der Waals surface area contributed by atoms with Crippen molar-refractivity contribution in [2.24, 2.45) is 5.92 Å². The molecule has 0 aromatic carbocycles. The smallest absolute Gasteiger partial charge is 0.255 e. The van der Waals surface area contributed by atoms with Crippen LogP contribution in [-0.2, 0) is 0 Å². The zero-order valence-corrected chi connectivity index (χ0v) is 10.5. The molecule has 1 aliphatic rings. The summed E-state index contributed by atoms with van der Waals surface area (Å²) in [5.74, 6) is 0.712. The second-order valence-corrected chi connectivity index (χ2v) is 5.14. The van der Waals surface area contributed by atoms with Gasteiger partial charge < -0.3 is 9.88 Å². The molecule has 4 nitrogen and oxygen atoms in total. The highest BCUT2D eigenvalue weighted by molar-refractivity contribution is 5.96. The average molecular weight is 243 g/mol. The van der Waals surface area contributed by atoms with Gasteiger partial charge in [0.05, 0.1) is 5.56 Å². The third kappa shape index (κ3) is 1.98. The minimum absolute atomic E-state index is 0.108. The largest absolute Gasteiger partial charge is 0.346 e. The number of nitrogens with one attached hydrogen (secondary N) is 1. The van der Waals surface area contributed by atoms with Crippen molar-refractivity contribution in [3.05, 3.63) is 30.1 Å². The van der Waals surface area contributed by atoms with E-state index in [-0.39, 0.29) is 5.91 Å². The van der Waals surface area contributed by atoms with Crippen LogP contribution in [0.4, 0.5) is 0 Å². The van der Waals surface area contributed by atoms with E-state index in [9.17, 15) is 4.79 Å². The fourth-order valence-electron chi connectivity index (χ4n) is 2.61. The third-order valence-electron chi connectivity index (χ3n) is 3.59. The molecule has 1 saturated heterocycles. The maximum absolute atomic E-state index is 12.4. The molecule has 18 heavy (non-hydrogen) atoms. The number of H-pyrrole nitrogens is 1. The Kier molecular flexibility index (Phi) is 2.78. The van der Waals surface area contributed by atoms with E-state index in [2.05, 4.69) is 16.9 Å². The molecule has 0 saturated carbocycles. The van der Waals surface area contributed by atoms with Gasteiger partial charge in [-0.1, -0.05) is 6.92 Å². The van der Waals surface area contributed by atoms with E-state index in [0.717, 1.165) is 30.5 Å². The zero-order valence-electron chi connectivity index (χ0n) is 10.5. The highest BCUT2D eigenvalue weighted by atomic mass is 16.2. The quantitative estimate of drug-likeness (QED) is 0.836. The molecule has 0 bridgehead atoms. The molecule has 2 aromatic rings. The number of hydrogen-bond donors (Lipinski definition) is 1. The van der Waals surface area contributed by atoms with Gasteiger partial charge in [-0.25, -0.2) is 4.98 Å². The van der Waals surface area contributed by atoms with Gasteiger partial charge in [-0.05, 0) is 30.9 Å². The standard InChI is InChI=1S/C14H17N3O/c1-10-3-2-6-17(9-10)14(18)12-7-11-4-5-15-13(11)16-8-12/h4-5,7-8,10H,2-3,6,9H2,1H3,(H,15,16)/t10-/m0/s1. The molecule has 1 amide bonds. The Bertz CT molecular complexity index is 575. The molecule has 0 spiro atoms. The van der Waals surface area contributed by atoms with Gasteiger partial charge in [0, 0.05) is 30.9 Å². The maximum atomic E-state index is 12.4. The van der Waals surface area contributed by atoms with Crippen LogP contribution in [0, 0.1) is 5.92 Å². The first-order chi connectivity index (χ1) is 8.74. The first-order valence-corrected chi connectivity index (χ1v) is 6.46. The van der Waals surface area contributed by atoms with Crippen LogP contribution >= 0.6 is 0 Å². The summed E-state index contributed by atoms with van der Waals surface area (Å²) in [7, 11) is 0. The van der Waals surface area contributed by atoms with Crippen molar-refractivity contribution >= 4 is 16.9 Å². The second-order valence-electron chi connectivity index (χ2n) is 5.14. The summed E-state index contributed by atoms with van der Waals surface area (Å²) < 4.78 is 0. The Labute approximate surface area is 106 Å². The monoisotopic (exact) mass is 243 g/mol. The fraction of sp³-hybridized carbons (Fsp3) is 0.429. The number of pyridine rings is 1. The number of aromatic amines is 1. The SMILES string of the molecule is C[C@H]1CCCN(C(=O)c2cnc3[nH]ccc3c2)C1. The molecule has 1 N–H and O–H groups in total. The van der Waals surface area contributed by atoms with E-state index in [0.29, 0.717) is 11.5 Å². The van der Waals surface area contributed by atoms with Gasteiger partial charge in [0.15, 0.2) is 0 Å². The molecule has 1 atom stereocenters. The highest BCUT2D eigenvalue weighted by Crippen LogP contribution is 2.19. The minimum atomic E-state index is 0.108. The van der Waals surface area contributed by atoms with Gasteiger partial charge in [0.1, 0.15) is 5.65 Å². The van der Waals surface area contributed by atoms with Crippen LogP contribution in [0.5, 0.6) is 0 Å². The predicted molar refractivity (Wildman–Crippen MR) is 70.4 cm³/mol. The van der Waals surface area contributed by atoms with Crippen LogP contribution in [0.25, 0.3) is 11.0 Å². The summed E-state index contributed by atoms with van der Waals surface area (Å²) >= 11 is 0. The molecule has 2 aromatic heterocycles. The number of aromatic nitrogens is 2. The Morgan fingerprint density at radius 3 is 3.28 bits per heavy atom. The molecule has 3 rings (SSSR count). The maximum Gasteiger partial charge on any atom is 0.255 e. The number of carbonyl (C=O) groups is 1. The van der Waals surface area contributed by atoms with E-state index in [4.69, 9.17) is 0 Å². The van der Waals surface area contributed by atoms with Crippen molar-refractivity contribution < 1.29 is 4.79 Å². The van der Waals surface area contributed by atoms with Crippen molar-refractivity contribution in [2.75, 3.05) is 13.1 Å². The van der Waals surface area contributed by atoms with Gasteiger partial charge in [-0.2, -0.15) is 0 Å². The van der Waals surface area contributed by atoms with E-state index >= 15 is 0 Å². The predicted octanol–water partition coefficient (Wildman–Crippen LogP) is 2.44. The second kappa shape index (κ2) is 4.44. The van der Waals surface area contributed by atoms with Crippen LogP contribution in [0.1, 0.15) is 30.1 Å². The first-order valence-electron chi connectivity index (χ1n) is 6.46. The molecule has 94 valence electrons. The zero-order chi connectivity index (χ0) is 12.5. The van der Waals surface area contributed by atoms with Crippen LogP contribution in [0.2, 0.25) is 0 Å². The summed E-state index contributed by atoms with van der Waals surface area (Å²) in [6.45, 7) is 3.94. The number of likely N-dealkylation sites (tertiary alicyclic amines) is 1. The van der Waals surface area contributed by atoms with Crippen molar-refractivity contribution in [3.63, 3.8) is 0 Å². The van der Waals surface area contributed by atoms with Crippen LogP contribution in [0.15, 0.2) is 24.5 Å². The molecule has 3 heterocycles. The summed E-state index contributed by atoms with van der Waals surface area (Å²) in [5.41, 5.74) is 1.52. The molecular formula is C14H17N3O. The summed E-state index contributed by atoms with van der Waals surface area (Å²) in [4.78, 5) is 21.6. The Morgan fingerprint density at radius 1 is 1.56 bits per heavy atom. The van der Waals surface area contributed by atoms with Crippen LogP contribution in [0.3, 0.4) is 0 Å². The summed E-state index contributed by atoms with van der Waals surface area (Å²) in [6.07, 6.45) is 5.83. The van der Waals surface area contributed by atoms with Gasteiger partial charge in [0.2, 0.25) is 0 Å². The van der Waals surface area contributed by atoms with E-state index in [1.165, 1.54) is 6.42 Å². The number of piperidine rings is 1. The van der Waals surface area contributed by atoms with E-state index in [1.54, 1.807) is 6.20 Å². The van der Waals surface area contributed by atoms with E-state index in [1.807, 2.05) is 23.2 Å². The van der Waals surface area contributed by atoms with Gasteiger partial charge in [-0.15, -0.1) is 0 Å². The third-order valence-corrected chi connectivity index (χ3v) is 3.59. The minimum Gasteiger partial charge on any atom is -0.346 e. The van der Waals surface area contributed by atoms with E-state index < -0.39 is 0 Å². The number of hydrogen-bond acceptors (Lipinski definition) is 2. The molecule has 0 radical (unpaired) electrons. The topological polar surface area (TPSA) is 49.0 Å².